The van der Waals surface area contributed by atoms with Crippen LogP contribution in [-0.4, -0.2) is 43.2 Å². The number of nitrogens with zero attached hydrogens (tertiary/aromatic N) is 1. The van der Waals surface area contributed by atoms with E-state index < -0.39 is 11.3 Å². The number of fused-ring (bicyclic) bond motifs is 1. The molecule has 0 radical (unpaired) electrons. The Bertz CT molecular complexity index is 1030. The molecular weight excluding hydrogens is 372 g/mol. The average Bonchev–Trinajstić information content (AvgIpc) is 2.74. The van der Waals surface area contributed by atoms with Crippen LogP contribution < -0.4 is 20.8 Å². The Labute approximate surface area is 168 Å². The van der Waals surface area contributed by atoms with Crippen LogP contribution in [0.3, 0.4) is 0 Å². The Hall–Kier alpha value is -3.23. The van der Waals surface area contributed by atoms with Gasteiger partial charge in [0.2, 0.25) is 11.3 Å². The van der Waals surface area contributed by atoms with E-state index in [4.69, 9.17) is 9.47 Å². The molecule has 0 saturated carbocycles. The maximum atomic E-state index is 12.7. The second-order valence-corrected chi connectivity index (χ2v) is 6.45. The highest BCUT2D eigenvalue weighted by atomic mass is 16.5. The summed E-state index contributed by atoms with van der Waals surface area (Å²) >= 11 is 0. The minimum atomic E-state index is -0.458. The quantitative estimate of drug-likeness (QED) is 0.475. The van der Waals surface area contributed by atoms with Gasteiger partial charge in [0.15, 0.2) is 0 Å². The lowest BCUT2D eigenvalue weighted by Gasteiger charge is -2.08. The number of amides is 1. The summed E-state index contributed by atoms with van der Waals surface area (Å²) in [7, 11) is 3.46. The van der Waals surface area contributed by atoms with E-state index in [0.717, 1.165) is 17.7 Å². The zero-order valence-electron chi connectivity index (χ0n) is 16.5. The summed E-state index contributed by atoms with van der Waals surface area (Å²) in [6, 6.07) is 11.2. The van der Waals surface area contributed by atoms with E-state index >= 15 is 0 Å². The van der Waals surface area contributed by atoms with Gasteiger partial charge in [-0.2, -0.15) is 0 Å². The van der Waals surface area contributed by atoms with Gasteiger partial charge in [-0.05, 0) is 24.2 Å². The van der Waals surface area contributed by atoms with Gasteiger partial charge in [0, 0.05) is 32.5 Å². The number of carbonyl (C=O) groups excluding carboxylic acids is 1. The number of ether oxygens (including phenoxy) is 2. The van der Waals surface area contributed by atoms with Crippen LogP contribution in [-0.2, 0) is 17.8 Å². The molecular formula is C21H24N4O4. The lowest BCUT2D eigenvalue weighted by Crippen LogP contribution is -2.28. The monoisotopic (exact) mass is 396 g/mol. The summed E-state index contributed by atoms with van der Waals surface area (Å²) in [5.41, 5.74) is 2.35. The number of aromatic nitrogens is 2. The fourth-order valence-electron chi connectivity index (χ4n) is 2.81. The van der Waals surface area contributed by atoms with Crippen LogP contribution >= 0.6 is 0 Å². The molecule has 3 rings (SSSR count). The van der Waals surface area contributed by atoms with E-state index in [0.29, 0.717) is 31.2 Å². The second kappa shape index (κ2) is 9.81. The highest BCUT2D eigenvalue weighted by Gasteiger charge is 2.14. The lowest BCUT2D eigenvalue weighted by molar-refractivity contribution is 0.0949. The fraction of sp³-hybridized carbons (Fsp3) is 0.286. The Kier molecular flexibility index (Phi) is 6.94. The van der Waals surface area contributed by atoms with Gasteiger partial charge < -0.3 is 25.1 Å². The summed E-state index contributed by atoms with van der Waals surface area (Å²) in [5, 5.41) is 5.86. The first-order valence-corrected chi connectivity index (χ1v) is 9.27. The lowest BCUT2D eigenvalue weighted by atomic mass is 10.1. The molecule has 3 aromatic rings. The molecule has 1 aromatic carbocycles. The number of rotatable bonds is 9. The molecule has 0 fully saturated rings. The first kappa shape index (κ1) is 20.5. The van der Waals surface area contributed by atoms with Crippen molar-refractivity contribution in [1.29, 1.82) is 0 Å². The highest BCUT2D eigenvalue weighted by Crippen LogP contribution is 2.13. The SMILES string of the molecule is CNCc1ccc(CNC(=O)c2c[nH]c3ccc(OCCOC)nc3c2=O)cc1. The number of methoxy groups -OCH3 is 1. The summed E-state index contributed by atoms with van der Waals surface area (Å²) < 4.78 is 10.4. The van der Waals surface area contributed by atoms with Gasteiger partial charge in [-0.3, -0.25) is 9.59 Å². The van der Waals surface area contributed by atoms with Gasteiger partial charge in [0.05, 0.1) is 12.1 Å². The van der Waals surface area contributed by atoms with Gasteiger partial charge in [-0.1, -0.05) is 24.3 Å². The predicted octanol–water partition coefficient (Wildman–Crippen LogP) is 1.60. The van der Waals surface area contributed by atoms with Crippen LogP contribution in [0.2, 0.25) is 0 Å². The molecule has 0 saturated heterocycles. The third-order valence-corrected chi connectivity index (χ3v) is 4.34. The molecule has 3 N–H and O–H groups in total. The molecule has 0 unspecified atom stereocenters. The third kappa shape index (κ3) is 5.18. The second-order valence-electron chi connectivity index (χ2n) is 6.45. The minimum Gasteiger partial charge on any atom is -0.475 e. The topological polar surface area (TPSA) is 105 Å². The largest absolute Gasteiger partial charge is 0.475 e. The normalized spacial score (nSPS) is 10.8. The zero-order chi connectivity index (χ0) is 20.6. The Balaban J connectivity index is 1.73. The highest BCUT2D eigenvalue weighted by molar-refractivity contribution is 5.96. The van der Waals surface area contributed by atoms with Crippen LogP contribution in [0.5, 0.6) is 5.88 Å². The number of carbonyl (C=O) groups is 1. The molecule has 2 aromatic heterocycles. The van der Waals surface area contributed by atoms with Crippen LogP contribution in [0.25, 0.3) is 11.0 Å². The summed E-state index contributed by atoms with van der Waals surface area (Å²) in [6.45, 7) is 1.83. The van der Waals surface area contributed by atoms with E-state index in [1.54, 1.807) is 19.2 Å². The molecule has 0 aliphatic carbocycles. The van der Waals surface area contributed by atoms with Gasteiger partial charge in [-0.25, -0.2) is 4.98 Å². The first-order chi connectivity index (χ1) is 14.1. The van der Waals surface area contributed by atoms with E-state index in [1.807, 2.05) is 31.3 Å². The third-order valence-electron chi connectivity index (χ3n) is 4.34. The van der Waals surface area contributed by atoms with Crippen LogP contribution in [0.15, 0.2) is 47.4 Å². The summed E-state index contributed by atoms with van der Waals surface area (Å²) in [5.74, 6) is -0.153. The molecule has 0 aliphatic rings. The van der Waals surface area contributed by atoms with Crippen LogP contribution in [0, 0.1) is 0 Å². The number of benzene rings is 1. The Morgan fingerprint density at radius 3 is 2.48 bits per heavy atom. The minimum absolute atomic E-state index is 0.00541. The number of aromatic amines is 1. The number of H-pyrrole nitrogens is 1. The van der Waals surface area contributed by atoms with Crippen molar-refractivity contribution >= 4 is 16.9 Å². The predicted molar refractivity (Wildman–Crippen MR) is 110 cm³/mol. The average molecular weight is 396 g/mol. The van der Waals surface area contributed by atoms with Crippen molar-refractivity contribution < 1.29 is 14.3 Å². The molecule has 0 aliphatic heterocycles. The first-order valence-electron chi connectivity index (χ1n) is 9.27. The fourth-order valence-corrected chi connectivity index (χ4v) is 2.81. The molecule has 152 valence electrons. The van der Waals surface area contributed by atoms with Gasteiger partial charge in [0.25, 0.3) is 5.91 Å². The maximum Gasteiger partial charge on any atom is 0.257 e. The number of nitrogens with one attached hydrogen (secondary N) is 3. The van der Waals surface area contributed by atoms with Crippen molar-refractivity contribution in [2.24, 2.45) is 0 Å². The standard InChI is InChI=1S/C21H24N4O4/c1-22-11-14-3-5-15(6-4-14)12-24-21(27)16-13-23-17-7-8-18(29-10-9-28-2)25-19(17)20(16)26/h3-8,13,22H,9-12H2,1-2H3,(H,23,26)(H,24,27). The van der Waals surface area contributed by atoms with Gasteiger partial charge >= 0.3 is 0 Å². The molecule has 0 bridgehead atoms. The summed E-state index contributed by atoms with van der Waals surface area (Å²) in [6.07, 6.45) is 1.41. The van der Waals surface area contributed by atoms with Crippen LogP contribution in [0.4, 0.5) is 0 Å². The van der Waals surface area contributed by atoms with Crippen LogP contribution in [0.1, 0.15) is 21.5 Å². The maximum absolute atomic E-state index is 12.7. The summed E-state index contributed by atoms with van der Waals surface area (Å²) in [4.78, 5) is 32.5. The molecule has 1 amide bonds. The van der Waals surface area contributed by atoms with Crippen molar-refractivity contribution in [3.63, 3.8) is 0 Å². The van der Waals surface area contributed by atoms with Crippen molar-refractivity contribution in [3.8, 4) is 5.88 Å². The van der Waals surface area contributed by atoms with Gasteiger partial charge in [-0.15, -0.1) is 0 Å². The number of hydrogen-bond acceptors (Lipinski definition) is 6. The smallest absolute Gasteiger partial charge is 0.257 e. The van der Waals surface area contributed by atoms with Gasteiger partial charge in [0.1, 0.15) is 17.7 Å². The molecule has 0 spiro atoms. The van der Waals surface area contributed by atoms with E-state index in [-0.39, 0.29) is 11.1 Å². The molecule has 0 atom stereocenters. The zero-order valence-corrected chi connectivity index (χ0v) is 16.5. The Morgan fingerprint density at radius 2 is 1.79 bits per heavy atom. The molecule has 29 heavy (non-hydrogen) atoms. The van der Waals surface area contributed by atoms with Crippen molar-refractivity contribution in [2.45, 2.75) is 13.1 Å². The van der Waals surface area contributed by atoms with E-state index in [9.17, 15) is 9.59 Å². The van der Waals surface area contributed by atoms with E-state index in [2.05, 4.69) is 20.6 Å². The van der Waals surface area contributed by atoms with Crippen molar-refractivity contribution in [3.05, 3.63) is 69.5 Å². The van der Waals surface area contributed by atoms with Crippen molar-refractivity contribution in [1.82, 2.24) is 20.6 Å². The van der Waals surface area contributed by atoms with E-state index in [1.165, 1.54) is 6.20 Å². The number of pyridine rings is 2. The number of hydrogen-bond donors (Lipinski definition) is 3. The molecule has 8 nitrogen and oxygen atoms in total. The Morgan fingerprint density at radius 1 is 1.07 bits per heavy atom. The molecule has 2 heterocycles. The molecule has 8 heteroatoms. The van der Waals surface area contributed by atoms with Crippen molar-refractivity contribution in [2.75, 3.05) is 27.4 Å².